The number of hydrogen-bond acceptors (Lipinski definition) is 1. The van der Waals surface area contributed by atoms with E-state index in [2.05, 4.69) is 0 Å². The third kappa shape index (κ3) is 6.32. The van der Waals surface area contributed by atoms with Gasteiger partial charge in [-0.05, 0) is 36.2 Å². The van der Waals surface area contributed by atoms with Crippen molar-refractivity contribution in [1.29, 1.82) is 0 Å². The molecule has 17 heavy (non-hydrogen) atoms. The van der Waals surface area contributed by atoms with Gasteiger partial charge in [0.1, 0.15) is 0 Å². The first-order valence-corrected chi connectivity index (χ1v) is 6.04. The third-order valence-corrected chi connectivity index (χ3v) is 2.51. The zero-order valence-electron chi connectivity index (χ0n) is 9.31. The molecule has 0 unspecified atom stereocenters. The Hall–Kier alpha value is -1.02. The normalized spacial score (nSPS) is 9.35. The maximum Gasteiger partial charge on any atom is 0.0471 e. The second-order valence-electron chi connectivity index (χ2n) is 3.40. The van der Waals surface area contributed by atoms with Crippen LogP contribution in [0, 0.1) is 0 Å². The lowest BCUT2D eigenvalue weighted by Gasteiger charge is -1.96. The van der Waals surface area contributed by atoms with Crippen molar-refractivity contribution >= 4 is 23.2 Å². The van der Waals surface area contributed by atoms with Crippen molar-refractivity contribution in [3.05, 3.63) is 70.2 Å². The van der Waals surface area contributed by atoms with Crippen LogP contribution < -0.4 is 0 Å². The fraction of sp³-hybridized carbons (Fsp3) is 0.143. The average Bonchev–Trinajstić information content (AvgIpc) is 2.31. The number of aliphatic hydroxyl groups is 1. The Morgan fingerprint density at radius 2 is 1.47 bits per heavy atom. The summed E-state index contributed by atoms with van der Waals surface area (Å²) in [6.07, 6.45) is 0.681. The molecule has 1 nitrogen and oxygen atoms in total. The molecule has 0 fully saturated rings. The minimum Gasteiger partial charge on any atom is -0.396 e. The lowest BCUT2D eigenvalue weighted by molar-refractivity contribution is 0.299. The van der Waals surface area contributed by atoms with Crippen LogP contribution in [0.25, 0.3) is 0 Å². The molecule has 1 N–H and O–H groups in total. The average molecular weight is 269 g/mol. The van der Waals surface area contributed by atoms with E-state index in [1.54, 1.807) is 0 Å². The van der Waals surface area contributed by atoms with E-state index in [0.29, 0.717) is 6.42 Å². The molecular weight excluding hydrogens is 255 g/mol. The van der Waals surface area contributed by atoms with Gasteiger partial charge in [0.25, 0.3) is 0 Å². The van der Waals surface area contributed by atoms with E-state index >= 15 is 0 Å². The molecule has 0 heterocycles. The molecular formula is C14H14Cl2O. The molecule has 3 heteroatoms. The molecule has 0 aliphatic carbocycles. The van der Waals surface area contributed by atoms with Crippen LogP contribution in [0.4, 0.5) is 0 Å². The maximum absolute atomic E-state index is 8.57. The molecule has 2 rings (SSSR count). The monoisotopic (exact) mass is 268 g/mol. The van der Waals surface area contributed by atoms with Gasteiger partial charge in [0.15, 0.2) is 0 Å². The Balaban J connectivity index is 0.000000181. The van der Waals surface area contributed by atoms with Crippen molar-refractivity contribution in [2.45, 2.75) is 6.42 Å². The first-order valence-electron chi connectivity index (χ1n) is 5.28. The van der Waals surface area contributed by atoms with E-state index in [-0.39, 0.29) is 6.61 Å². The molecule has 90 valence electrons. The van der Waals surface area contributed by atoms with E-state index < -0.39 is 0 Å². The Morgan fingerprint density at radius 3 is 1.94 bits per heavy atom. The molecule has 0 bridgehead atoms. The SMILES string of the molecule is Clc1ccccc1.OCCc1cccc(Cl)c1. The van der Waals surface area contributed by atoms with Gasteiger partial charge in [-0.2, -0.15) is 0 Å². The van der Waals surface area contributed by atoms with Crippen LogP contribution in [0.1, 0.15) is 5.56 Å². The Labute approximate surface area is 112 Å². The van der Waals surface area contributed by atoms with Gasteiger partial charge in [-0.25, -0.2) is 0 Å². The summed E-state index contributed by atoms with van der Waals surface area (Å²) in [5.41, 5.74) is 1.08. The van der Waals surface area contributed by atoms with E-state index in [4.69, 9.17) is 28.3 Å². The van der Waals surface area contributed by atoms with Crippen molar-refractivity contribution < 1.29 is 5.11 Å². The van der Waals surface area contributed by atoms with Crippen molar-refractivity contribution in [3.63, 3.8) is 0 Å². The highest BCUT2D eigenvalue weighted by Gasteiger charge is 1.90. The minimum atomic E-state index is 0.181. The number of hydrogen-bond donors (Lipinski definition) is 1. The van der Waals surface area contributed by atoms with E-state index in [1.807, 2.05) is 54.6 Å². The topological polar surface area (TPSA) is 20.2 Å². The number of benzene rings is 2. The van der Waals surface area contributed by atoms with Gasteiger partial charge in [-0.1, -0.05) is 53.5 Å². The van der Waals surface area contributed by atoms with Crippen LogP contribution in [-0.4, -0.2) is 11.7 Å². The Morgan fingerprint density at radius 1 is 0.824 bits per heavy atom. The summed E-state index contributed by atoms with van der Waals surface area (Å²) in [5.74, 6) is 0. The summed E-state index contributed by atoms with van der Waals surface area (Å²) in [6, 6.07) is 17.0. The van der Waals surface area contributed by atoms with E-state index in [0.717, 1.165) is 15.6 Å². The fourth-order valence-electron chi connectivity index (χ4n) is 1.24. The molecule has 0 saturated carbocycles. The second kappa shape index (κ2) is 8.13. The third-order valence-electron chi connectivity index (χ3n) is 2.02. The van der Waals surface area contributed by atoms with Crippen LogP contribution in [0.3, 0.4) is 0 Å². The van der Waals surface area contributed by atoms with Crippen molar-refractivity contribution in [2.75, 3.05) is 6.61 Å². The quantitative estimate of drug-likeness (QED) is 0.865. The lowest BCUT2D eigenvalue weighted by atomic mass is 10.2. The zero-order valence-corrected chi connectivity index (χ0v) is 10.8. The second-order valence-corrected chi connectivity index (χ2v) is 4.27. The largest absolute Gasteiger partial charge is 0.396 e. The van der Waals surface area contributed by atoms with Crippen LogP contribution in [-0.2, 0) is 6.42 Å². The summed E-state index contributed by atoms with van der Waals surface area (Å²) in [7, 11) is 0. The Kier molecular flexibility index (Phi) is 6.71. The molecule has 0 aliphatic rings. The summed E-state index contributed by atoms with van der Waals surface area (Å²) in [6.45, 7) is 0.181. The predicted octanol–water partition coefficient (Wildman–Crippen LogP) is 4.21. The summed E-state index contributed by atoms with van der Waals surface area (Å²) >= 11 is 11.2. The standard InChI is InChI=1S/C8H9ClO.C6H5Cl/c9-8-3-1-2-7(6-8)4-5-10;7-6-4-2-1-3-5-6/h1-3,6,10H,4-5H2;1-5H. The van der Waals surface area contributed by atoms with Crippen LogP contribution in [0.15, 0.2) is 54.6 Å². The number of aliphatic hydroxyl groups excluding tert-OH is 1. The molecule has 2 aromatic carbocycles. The van der Waals surface area contributed by atoms with Crippen LogP contribution in [0.2, 0.25) is 10.0 Å². The van der Waals surface area contributed by atoms with Gasteiger partial charge < -0.3 is 5.11 Å². The van der Waals surface area contributed by atoms with E-state index in [1.165, 1.54) is 0 Å². The molecule has 0 aliphatic heterocycles. The van der Waals surface area contributed by atoms with Crippen LogP contribution in [0.5, 0.6) is 0 Å². The number of rotatable bonds is 2. The smallest absolute Gasteiger partial charge is 0.0471 e. The lowest BCUT2D eigenvalue weighted by Crippen LogP contribution is -1.88. The van der Waals surface area contributed by atoms with Gasteiger partial charge in [-0.3, -0.25) is 0 Å². The first kappa shape index (κ1) is 14.0. The predicted molar refractivity (Wildman–Crippen MR) is 73.7 cm³/mol. The zero-order chi connectivity index (χ0) is 12.5. The Bertz CT molecular complexity index is 429. The van der Waals surface area contributed by atoms with Gasteiger partial charge in [0, 0.05) is 16.7 Å². The molecule has 0 aromatic heterocycles. The van der Waals surface area contributed by atoms with Crippen molar-refractivity contribution in [1.82, 2.24) is 0 Å². The summed E-state index contributed by atoms with van der Waals surface area (Å²) in [4.78, 5) is 0. The molecule has 0 atom stereocenters. The minimum absolute atomic E-state index is 0.181. The summed E-state index contributed by atoms with van der Waals surface area (Å²) < 4.78 is 0. The van der Waals surface area contributed by atoms with Gasteiger partial charge in [-0.15, -0.1) is 0 Å². The van der Waals surface area contributed by atoms with Crippen LogP contribution >= 0.6 is 23.2 Å². The van der Waals surface area contributed by atoms with Crippen molar-refractivity contribution in [2.24, 2.45) is 0 Å². The molecule has 2 aromatic rings. The summed E-state index contributed by atoms with van der Waals surface area (Å²) in [5, 5.41) is 10.1. The highest BCUT2D eigenvalue weighted by molar-refractivity contribution is 6.30. The highest BCUT2D eigenvalue weighted by Crippen LogP contribution is 2.10. The van der Waals surface area contributed by atoms with Gasteiger partial charge in [0.05, 0.1) is 0 Å². The maximum atomic E-state index is 8.57. The van der Waals surface area contributed by atoms with E-state index in [9.17, 15) is 0 Å². The molecule has 0 amide bonds. The fourth-order valence-corrected chi connectivity index (χ4v) is 1.59. The first-order chi connectivity index (χ1) is 8.22. The molecule has 0 saturated heterocycles. The molecule has 0 spiro atoms. The van der Waals surface area contributed by atoms with Crippen molar-refractivity contribution in [3.8, 4) is 0 Å². The number of halogens is 2. The van der Waals surface area contributed by atoms with Gasteiger partial charge in [0.2, 0.25) is 0 Å². The highest BCUT2D eigenvalue weighted by atomic mass is 35.5. The van der Waals surface area contributed by atoms with Gasteiger partial charge >= 0.3 is 0 Å². The molecule has 0 radical (unpaired) electrons.